The van der Waals surface area contributed by atoms with Crippen molar-refractivity contribution >= 4 is 5.97 Å². The van der Waals surface area contributed by atoms with Crippen LogP contribution in [-0.2, 0) is 19.8 Å². The molecule has 40 heavy (non-hydrogen) atoms. The second-order valence-electron chi connectivity index (χ2n) is 9.82. The van der Waals surface area contributed by atoms with Crippen molar-refractivity contribution in [2.24, 2.45) is 0 Å². The number of hydrogen-bond donors (Lipinski definition) is 0. The van der Waals surface area contributed by atoms with Crippen molar-refractivity contribution in [1.29, 1.82) is 0 Å². The fourth-order valence-corrected chi connectivity index (χ4v) is 5.11. The van der Waals surface area contributed by atoms with Crippen LogP contribution in [0.4, 0.5) is 0 Å². The Labute approximate surface area is 235 Å². The Balaban J connectivity index is 1.51. The van der Waals surface area contributed by atoms with E-state index in [2.05, 4.69) is 12.1 Å². The molecule has 0 amide bonds. The summed E-state index contributed by atoms with van der Waals surface area (Å²) in [6.07, 6.45) is -0.0996. The van der Waals surface area contributed by atoms with Gasteiger partial charge in [-0.2, -0.15) is 0 Å². The molecule has 0 aliphatic carbocycles. The van der Waals surface area contributed by atoms with E-state index in [0.29, 0.717) is 18.6 Å². The minimum Gasteiger partial charge on any atom is -0.497 e. The molecule has 0 bridgehead atoms. The minimum atomic E-state index is -0.975. The van der Waals surface area contributed by atoms with Crippen LogP contribution in [0.3, 0.4) is 0 Å². The maximum Gasteiger partial charge on any atom is 0.338 e. The van der Waals surface area contributed by atoms with E-state index in [1.54, 1.807) is 26.4 Å². The van der Waals surface area contributed by atoms with E-state index in [1.807, 2.05) is 85.8 Å². The van der Waals surface area contributed by atoms with Crippen LogP contribution < -0.4 is 9.47 Å². The number of hydrogen-bond acceptors (Lipinski definition) is 6. The number of aryl methyl sites for hydroxylation is 1. The van der Waals surface area contributed by atoms with Gasteiger partial charge in [0.25, 0.3) is 0 Å². The van der Waals surface area contributed by atoms with Crippen molar-refractivity contribution in [3.63, 3.8) is 0 Å². The summed E-state index contributed by atoms with van der Waals surface area (Å²) in [5, 5.41) is 0. The Morgan fingerprint density at radius 1 is 0.775 bits per heavy atom. The van der Waals surface area contributed by atoms with Crippen molar-refractivity contribution < 1.29 is 28.5 Å². The molecule has 0 saturated carbocycles. The molecule has 0 aromatic heterocycles. The van der Waals surface area contributed by atoms with E-state index in [4.69, 9.17) is 23.7 Å². The summed E-state index contributed by atoms with van der Waals surface area (Å²) in [5.74, 6) is 1.13. The quantitative estimate of drug-likeness (QED) is 0.174. The first kappa shape index (κ1) is 27.4. The van der Waals surface area contributed by atoms with Crippen LogP contribution in [0.1, 0.15) is 39.0 Å². The molecule has 4 aromatic carbocycles. The van der Waals surface area contributed by atoms with Gasteiger partial charge in [-0.25, -0.2) is 4.79 Å². The van der Waals surface area contributed by atoms with Crippen LogP contribution in [0.5, 0.6) is 11.5 Å². The number of benzene rings is 4. The van der Waals surface area contributed by atoms with Crippen LogP contribution in [0.15, 0.2) is 103 Å². The Kier molecular flexibility index (Phi) is 8.48. The van der Waals surface area contributed by atoms with Crippen LogP contribution in [0.2, 0.25) is 0 Å². The Morgan fingerprint density at radius 3 is 1.88 bits per heavy atom. The number of carbonyl (C=O) groups is 1. The number of methoxy groups -OCH3 is 2. The van der Waals surface area contributed by atoms with Crippen LogP contribution in [-0.4, -0.2) is 45.6 Å². The third-order valence-corrected chi connectivity index (χ3v) is 7.32. The Bertz CT molecular complexity index is 1330. The lowest BCUT2D eigenvalue weighted by molar-refractivity contribution is -0.0920. The average molecular weight is 539 g/mol. The zero-order valence-electron chi connectivity index (χ0n) is 23.0. The first-order chi connectivity index (χ1) is 19.5. The largest absolute Gasteiger partial charge is 0.497 e. The summed E-state index contributed by atoms with van der Waals surface area (Å²) >= 11 is 0. The van der Waals surface area contributed by atoms with E-state index in [-0.39, 0.29) is 18.7 Å². The Hall–Kier alpha value is -4.13. The molecule has 0 spiro atoms. The van der Waals surface area contributed by atoms with Gasteiger partial charge in [0.05, 0.1) is 25.9 Å². The van der Waals surface area contributed by atoms with Gasteiger partial charge in [-0.1, -0.05) is 72.3 Å². The molecule has 6 nitrogen and oxygen atoms in total. The lowest BCUT2D eigenvalue weighted by Gasteiger charge is -2.39. The summed E-state index contributed by atoms with van der Waals surface area (Å²) in [7, 11) is 3.30. The van der Waals surface area contributed by atoms with Gasteiger partial charge in [0.1, 0.15) is 29.8 Å². The van der Waals surface area contributed by atoms with Crippen molar-refractivity contribution in [1.82, 2.24) is 0 Å². The summed E-state index contributed by atoms with van der Waals surface area (Å²) in [6.45, 7) is 2.58. The highest BCUT2D eigenvalue weighted by atomic mass is 16.6. The van der Waals surface area contributed by atoms with E-state index in [9.17, 15) is 4.79 Å². The maximum absolute atomic E-state index is 12.7. The van der Waals surface area contributed by atoms with Gasteiger partial charge in [-0.05, 0) is 66.4 Å². The highest BCUT2D eigenvalue weighted by molar-refractivity contribution is 5.89. The zero-order chi connectivity index (χ0) is 28.0. The van der Waals surface area contributed by atoms with Crippen LogP contribution in [0.25, 0.3) is 0 Å². The third kappa shape index (κ3) is 5.74. The highest BCUT2D eigenvalue weighted by Gasteiger charge is 2.43. The monoisotopic (exact) mass is 538 g/mol. The highest BCUT2D eigenvalue weighted by Crippen LogP contribution is 2.44. The molecular formula is C34H34O6. The Morgan fingerprint density at radius 2 is 1.32 bits per heavy atom. The van der Waals surface area contributed by atoms with E-state index < -0.39 is 11.7 Å². The number of carbonyl (C=O) groups excluding carboxylic acids is 1. The molecular weight excluding hydrogens is 504 g/mol. The molecule has 2 atom stereocenters. The lowest BCUT2D eigenvalue weighted by Crippen LogP contribution is -2.41. The molecule has 1 aliphatic rings. The molecule has 5 rings (SSSR count). The van der Waals surface area contributed by atoms with E-state index in [0.717, 1.165) is 33.8 Å². The molecule has 1 aliphatic heterocycles. The lowest BCUT2D eigenvalue weighted by atomic mass is 9.79. The van der Waals surface area contributed by atoms with E-state index in [1.165, 1.54) is 0 Å². The van der Waals surface area contributed by atoms with Crippen LogP contribution >= 0.6 is 0 Å². The number of rotatable bonds is 10. The summed E-state index contributed by atoms with van der Waals surface area (Å²) in [6, 6.07) is 33.3. The molecule has 0 N–H and O–H groups in total. The second-order valence-corrected chi connectivity index (χ2v) is 9.82. The first-order valence-corrected chi connectivity index (χ1v) is 13.4. The molecule has 206 valence electrons. The first-order valence-electron chi connectivity index (χ1n) is 13.4. The van der Waals surface area contributed by atoms with Crippen molar-refractivity contribution in [3.8, 4) is 11.5 Å². The van der Waals surface area contributed by atoms with Crippen molar-refractivity contribution in [2.45, 2.75) is 31.2 Å². The summed E-state index contributed by atoms with van der Waals surface area (Å²) in [5.41, 5.74) is 3.46. The molecule has 4 aromatic rings. The van der Waals surface area contributed by atoms with E-state index >= 15 is 0 Å². The van der Waals surface area contributed by atoms with Crippen molar-refractivity contribution in [3.05, 3.63) is 131 Å². The normalized spacial score (nSPS) is 16.9. The standard InChI is InChI=1S/C34H34O6/c1-24-9-11-25(12-10-24)33(35)39-23-32-31(21-22-38-32)40-34(26-7-5-4-6-8-26,27-13-17-29(36-2)18-14-27)28-15-19-30(37-3)20-16-28/h4-20,31-32H,21-23H2,1-3H3/t31-,32+/m0/s1. The topological polar surface area (TPSA) is 63.2 Å². The summed E-state index contributed by atoms with van der Waals surface area (Å²) < 4.78 is 29.8. The fourth-order valence-electron chi connectivity index (χ4n) is 5.11. The van der Waals surface area contributed by atoms with Gasteiger partial charge in [0.15, 0.2) is 0 Å². The molecule has 1 heterocycles. The third-order valence-electron chi connectivity index (χ3n) is 7.32. The second kappa shape index (κ2) is 12.4. The minimum absolute atomic E-state index is 0.0907. The van der Waals surface area contributed by atoms with Gasteiger partial charge in [0, 0.05) is 6.61 Å². The van der Waals surface area contributed by atoms with Gasteiger partial charge in [-0.3, -0.25) is 0 Å². The number of esters is 1. The SMILES string of the molecule is COc1ccc(C(O[C@H]2CCO[C@@H]2COC(=O)c2ccc(C)cc2)(c2ccccc2)c2ccc(OC)cc2)cc1. The molecule has 0 unspecified atom stereocenters. The van der Waals surface area contributed by atoms with Gasteiger partial charge in [0.2, 0.25) is 0 Å². The molecule has 6 heteroatoms. The van der Waals surface area contributed by atoms with Gasteiger partial charge >= 0.3 is 5.97 Å². The van der Waals surface area contributed by atoms with Crippen molar-refractivity contribution in [2.75, 3.05) is 27.4 Å². The van der Waals surface area contributed by atoms with Crippen LogP contribution in [0, 0.1) is 6.92 Å². The zero-order valence-corrected chi connectivity index (χ0v) is 23.0. The molecule has 1 fully saturated rings. The van der Waals surface area contributed by atoms with Gasteiger partial charge < -0.3 is 23.7 Å². The summed E-state index contributed by atoms with van der Waals surface area (Å²) in [4.78, 5) is 12.7. The molecule has 0 radical (unpaired) electrons. The average Bonchev–Trinajstić information content (AvgIpc) is 3.46. The fraction of sp³-hybridized carbons (Fsp3) is 0.265. The smallest absolute Gasteiger partial charge is 0.338 e. The number of ether oxygens (including phenoxy) is 5. The maximum atomic E-state index is 12.7. The predicted octanol–water partition coefficient (Wildman–Crippen LogP) is 6.34. The predicted molar refractivity (Wildman–Crippen MR) is 153 cm³/mol. The van der Waals surface area contributed by atoms with Gasteiger partial charge in [-0.15, -0.1) is 0 Å². The molecule has 1 saturated heterocycles.